The van der Waals surface area contributed by atoms with E-state index in [2.05, 4.69) is 84.6 Å². The molecule has 2 nitrogen and oxygen atoms in total. The van der Waals surface area contributed by atoms with Gasteiger partial charge in [-0.05, 0) is 23.8 Å². The first-order valence-electron chi connectivity index (χ1n) is 6.55. The van der Waals surface area contributed by atoms with Crippen LogP contribution in [0.1, 0.15) is 5.56 Å². The van der Waals surface area contributed by atoms with Crippen molar-refractivity contribution >= 4 is 17.5 Å². The monoisotopic (exact) mass is 250 g/mol. The molecule has 0 aromatic heterocycles. The maximum absolute atomic E-state index is 2.30. The third kappa shape index (κ3) is 2.10. The largest absolute Gasteiger partial charge is 0.349 e. The maximum atomic E-state index is 2.30. The fraction of sp³-hybridized carbons (Fsp3) is 0.176. The number of likely N-dealkylation sites (N-methyl/N-ethyl adjacent to an activating group) is 2. The van der Waals surface area contributed by atoms with Crippen LogP contribution in [0.5, 0.6) is 0 Å². The molecule has 0 atom stereocenters. The highest BCUT2D eigenvalue weighted by molar-refractivity contribution is 5.78. The Labute approximate surface area is 114 Å². The van der Waals surface area contributed by atoms with Crippen LogP contribution in [0.25, 0.3) is 6.08 Å². The molecule has 0 fully saturated rings. The molecule has 0 spiro atoms. The number of para-hydroxylation sites is 2. The van der Waals surface area contributed by atoms with E-state index in [9.17, 15) is 0 Å². The van der Waals surface area contributed by atoms with Crippen LogP contribution in [0.3, 0.4) is 0 Å². The van der Waals surface area contributed by atoms with Gasteiger partial charge in [-0.15, -0.1) is 0 Å². The summed E-state index contributed by atoms with van der Waals surface area (Å²) in [5.41, 5.74) is 3.81. The molecule has 0 saturated carbocycles. The SMILES string of the molecule is CN1c2ccccc2N(C)C1/C=C/c1ccccc1. The summed E-state index contributed by atoms with van der Waals surface area (Å²) in [4.78, 5) is 4.60. The quantitative estimate of drug-likeness (QED) is 0.803. The van der Waals surface area contributed by atoms with E-state index < -0.39 is 0 Å². The predicted molar refractivity (Wildman–Crippen MR) is 82.5 cm³/mol. The fourth-order valence-electron chi connectivity index (χ4n) is 2.63. The van der Waals surface area contributed by atoms with Gasteiger partial charge in [0.2, 0.25) is 0 Å². The highest BCUT2D eigenvalue weighted by atomic mass is 15.4. The minimum Gasteiger partial charge on any atom is -0.349 e. The Morgan fingerprint density at radius 1 is 0.789 bits per heavy atom. The van der Waals surface area contributed by atoms with Gasteiger partial charge < -0.3 is 9.80 Å². The Morgan fingerprint density at radius 3 is 1.89 bits per heavy atom. The highest BCUT2D eigenvalue weighted by Gasteiger charge is 2.28. The molecule has 2 heteroatoms. The molecule has 3 rings (SSSR count). The van der Waals surface area contributed by atoms with Gasteiger partial charge in [-0.1, -0.05) is 48.5 Å². The van der Waals surface area contributed by atoms with Gasteiger partial charge in [-0.3, -0.25) is 0 Å². The minimum atomic E-state index is 0.276. The van der Waals surface area contributed by atoms with Gasteiger partial charge in [0.05, 0.1) is 11.4 Å². The Hall–Kier alpha value is -2.22. The van der Waals surface area contributed by atoms with Crippen molar-refractivity contribution in [3.05, 3.63) is 66.2 Å². The van der Waals surface area contributed by atoms with Gasteiger partial charge in [0.15, 0.2) is 0 Å². The molecule has 0 amide bonds. The summed E-state index contributed by atoms with van der Waals surface area (Å²) in [5.74, 6) is 0. The van der Waals surface area contributed by atoms with E-state index in [1.165, 1.54) is 16.9 Å². The first kappa shape index (κ1) is 11.8. The zero-order chi connectivity index (χ0) is 13.2. The zero-order valence-corrected chi connectivity index (χ0v) is 11.3. The normalized spacial score (nSPS) is 15.3. The van der Waals surface area contributed by atoms with Gasteiger partial charge in [0.1, 0.15) is 6.17 Å². The van der Waals surface area contributed by atoms with Gasteiger partial charge in [-0.2, -0.15) is 0 Å². The molecular formula is C17H18N2. The number of hydrogen-bond acceptors (Lipinski definition) is 2. The zero-order valence-electron chi connectivity index (χ0n) is 11.3. The second-order valence-corrected chi connectivity index (χ2v) is 4.89. The summed E-state index contributed by atoms with van der Waals surface area (Å²) in [7, 11) is 4.28. The molecule has 0 N–H and O–H groups in total. The van der Waals surface area contributed by atoms with E-state index in [0.29, 0.717) is 0 Å². The van der Waals surface area contributed by atoms with Crippen molar-refractivity contribution in [3.8, 4) is 0 Å². The van der Waals surface area contributed by atoms with Gasteiger partial charge in [0.25, 0.3) is 0 Å². The number of fused-ring (bicyclic) bond motifs is 1. The van der Waals surface area contributed by atoms with Crippen LogP contribution in [0.15, 0.2) is 60.7 Å². The number of rotatable bonds is 2. The molecule has 2 aromatic rings. The first-order valence-corrected chi connectivity index (χ1v) is 6.55. The Morgan fingerprint density at radius 2 is 1.32 bits per heavy atom. The van der Waals surface area contributed by atoms with Gasteiger partial charge in [-0.25, -0.2) is 0 Å². The first-order chi connectivity index (χ1) is 9.27. The molecule has 1 heterocycles. The predicted octanol–water partition coefficient (Wildman–Crippen LogP) is 3.61. The Balaban J connectivity index is 1.86. The lowest BCUT2D eigenvalue weighted by Gasteiger charge is -2.24. The topological polar surface area (TPSA) is 6.48 Å². The van der Waals surface area contributed by atoms with Crippen LogP contribution >= 0.6 is 0 Å². The molecule has 1 aliphatic rings. The number of hydrogen-bond donors (Lipinski definition) is 0. The lowest BCUT2D eigenvalue weighted by atomic mass is 10.2. The van der Waals surface area contributed by atoms with Crippen LogP contribution in [-0.4, -0.2) is 20.3 Å². The molecule has 0 unspecified atom stereocenters. The van der Waals surface area contributed by atoms with Crippen LogP contribution < -0.4 is 9.80 Å². The van der Waals surface area contributed by atoms with Crippen molar-refractivity contribution in [2.45, 2.75) is 6.17 Å². The Kier molecular flexibility index (Phi) is 3.00. The summed E-state index contributed by atoms with van der Waals surface area (Å²) in [6.45, 7) is 0. The molecule has 0 radical (unpaired) electrons. The molecular weight excluding hydrogens is 232 g/mol. The second kappa shape index (κ2) is 4.81. The third-order valence-electron chi connectivity index (χ3n) is 3.70. The lowest BCUT2D eigenvalue weighted by Crippen LogP contribution is -2.37. The van der Waals surface area contributed by atoms with Crippen molar-refractivity contribution < 1.29 is 0 Å². The molecule has 2 aromatic carbocycles. The van der Waals surface area contributed by atoms with Crippen LogP contribution in [0.2, 0.25) is 0 Å². The van der Waals surface area contributed by atoms with Gasteiger partial charge >= 0.3 is 0 Å². The summed E-state index contributed by atoms with van der Waals surface area (Å²) in [6.07, 6.45) is 4.71. The third-order valence-corrected chi connectivity index (χ3v) is 3.70. The summed E-state index contributed by atoms with van der Waals surface area (Å²) < 4.78 is 0. The van der Waals surface area contributed by atoms with E-state index in [4.69, 9.17) is 0 Å². The molecule has 96 valence electrons. The smallest absolute Gasteiger partial charge is 0.121 e. The van der Waals surface area contributed by atoms with Crippen molar-refractivity contribution in [2.75, 3.05) is 23.9 Å². The van der Waals surface area contributed by atoms with Crippen molar-refractivity contribution in [1.29, 1.82) is 0 Å². The number of nitrogens with zero attached hydrogens (tertiary/aromatic N) is 2. The molecule has 19 heavy (non-hydrogen) atoms. The molecule has 0 bridgehead atoms. The Bertz CT molecular complexity index is 560. The summed E-state index contributed by atoms with van der Waals surface area (Å²) in [6, 6.07) is 18.9. The number of anilines is 2. The van der Waals surface area contributed by atoms with E-state index in [1.807, 2.05) is 6.07 Å². The average Bonchev–Trinajstić information content (AvgIpc) is 2.71. The van der Waals surface area contributed by atoms with E-state index >= 15 is 0 Å². The second-order valence-electron chi connectivity index (χ2n) is 4.89. The summed E-state index contributed by atoms with van der Waals surface area (Å²) in [5, 5.41) is 0. The van der Waals surface area contributed by atoms with E-state index in [1.54, 1.807) is 0 Å². The van der Waals surface area contributed by atoms with Gasteiger partial charge in [0, 0.05) is 14.1 Å². The molecule has 0 saturated heterocycles. The van der Waals surface area contributed by atoms with Crippen molar-refractivity contribution in [2.24, 2.45) is 0 Å². The van der Waals surface area contributed by atoms with Crippen LogP contribution in [0.4, 0.5) is 11.4 Å². The highest BCUT2D eigenvalue weighted by Crippen LogP contribution is 2.37. The lowest BCUT2D eigenvalue weighted by molar-refractivity contribution is 0.777. The average molecular weight is 250 g/mol. The van der Waals surface area contributed by atoms with Crippen LogP contribution in [0, 0.1) is 0 Å². The number of benzene rings is 2. The van der Waals surface area contributed by atoms with E-state index in [0.717, 1.165) is 0 Å². The maximum Gasteiger partial charge on any atom is 0.121 e. The molecule has 0 aliphatic carbocycles. The standard InChI is InChI=1S/C17H18N2/c1-18-15-10-6-7-11-16(15)19(2)17(18)13-12-14-8-4-3-5-9-14/h3-13,17H,1-2H3/b13-12+. The van der Waals surface area contributed by atoms with E-state index in [-0.39, 0.29) is 6.17 Å². The minimum absolute atomic E-state index is 0.276. The summed E-state index contributed by atoms with van der Waals surface area (Å²) >= 11 is 0. The van der Waals surface area contributed by atoms with Crippen molar-refractivity contribution in [3.63, 3.8) is 0 Å². The van der Waals surface area contributed by atoms with Crippen molar-refractivity contribution in [1.82, 2.24) is 0 Å². The van der Waals surface area contributed by atoms with Crippen LogP contribution in [-0.2, 0) is 0 Å². The fourth-order valence-corrected chi connectivity index (χ4v) is 2.63. The molecule has 1 aliphatic heterocycles.